The Morgan fingerprint density at radius 1 is 1.30 bits per heavy atom. The summed E-state index contributed by atoms with van der Waals surface area (Å²) in [5, 5.41) is 11.4. The van der Waals surface area contributed by atoms with Crippen LogP contribution < -0.4 is 15.4 Å². The molecule has 0 spiro atoms. The van der Waals surface area contributed by atoms with Crippen molar-refractivity contribution in [2.24, 2.45) is 4.99 Å². The first-order valence-electron chi connectivity index (χ1n) is 8.90. The van der Waals surface area contributed by atoms with Gasteiger partial charge < -0.3 is 19.9 Å². The molecule has 27 heavy (non-hydrogen) atoms. The van der Waals surface area contributed by atoms with Gasteiger partial charge in [-0.05, 0) is 31.5 Å². The summed E-state index contributed by atoms with van der Waals surface area (Å²) in [6.45, 7) is 7.36. The normalized spacial score (nSPS) is 12.3. The molecule has 0 bridgehead atoms. The maximum atomic E-state index is 5.98. The number of rotatable bonds is 8. The predicted molar refractivity (Wildman–Crippen MR) is 120 cm³/mol. The SMILES string of the molecule is CCc1noc(CC)c1CNC(=NC)NCC(C)Oc1cccc(Cl)c1.I. The third kappa shape index (κ3) is 7.21. The van der Waals surface area contributed by atoms with Crippen LogP contribution in [-0.2, 0) is 19.4 Å². The minimum atomic E-state index is -0.0417. The molecule has 1 atom stereocenters. The molecule has 0 radical (unpaired) electrons. The smallest absolute Gasteiger partial charge is 0.191 e. The van der Waals surface area contributed by atoms with Gasteiger partial charge in [-0.15, -0.1) is 24.0 Å². The molecule has 1 heterocycles. The van der Waals surface area contributed by atoms with Gasteiger partial charge in [0.25, 0.3) is 0 Å². The molecular weight excluding hydrogens is 479 g/mol. The van der Waals surface area contributed by atoms with Crippen molar-refractivity contribution in [1.82, 2.24) is 15.8 Å². The molecule has 0 saturated heterocycles. The van der Waals surface area contributed by atoms with Gasteiger partial charge in [0, 0.05) is 30.6 Å². The number of guanidine groups is 1. The van der Waals surface area contributed by atoms with Gasteiger partial charge in [0.2, 0.25) is 0 Å². The van der Waals surface area contributed by atoms with E-state index >= 15 is 0 Å². The summed E-state index contributed by atoms with van der Waals surface area (Å²) in [7, 11) is 1.74. The zero-order chi connectivity index (χ0) is 18.9. The second-order valence-corrected chi connectivity index (χ2v) is 6.37. The Labute approximate surface area is 183 Å². The fourth-order valence-electron chi connectivity index (χ4n) is 2.59. The average Bonchev–Trinajstić information content (AvgIpc) is 3.04. The topological polar surface area (TPSA) is 71.7 Å². The summed E-state index contributed by atoms with van der Waals surface area (Å²) >= 11 is 5.98. The van der Waals surface area contributed by atoms with E-state index < -0.39 is 0 Å². The summed E-state index contributed by atoms with van der Waals surface area (Å²) in [4.78, 5) is 4.26. The van der Waals surface area contributed by atoms with Crippen LogP contribution in [0.1, 0.15) is 37.8 Å². The summed E-state index contributed by atoms with van der Waals surface area (Å²) in [6.07, 6.45) is 1.62. The molecule has 2 N–H and O–H groups in total. The molecule has 2 aromatic rings. The quantitative estimate of drug-likeness (QED) is 0.319. The molecule has 0 aliphatic heterocycles. The summed E-state index contributed by atoms with van der Waals surface area (Å²) in [5.74, 6) is 2.37. The first-order valence-corrected chi connectivity index (χ1v) is 9.28. The van der Waals surface area contributed by atoms with E-state index in [1.54, 1.807) is 13.1 Å². The molecule has 6 nitrogen and oxygen atoms in total. The lowest BCUT2D eigenvalue weighted by atomic mass is 10.1. The van der Waals surface area contributed by atoms with Crippen LogP contribution in [0.25, 0.3) is 0 Å². The second kappa shape index (κ2) is 12.1. The van der Waals surface area contributed by atoms with E-state index in [1.165, 1.54) is 0 Å². The second-order valence-electron chi connectivity index (χ2n) is 5.93. The van der Waals surface area contributed by atoms with E-state index in [1.807, 2.05) is 25.1 Å². The Kier molecular flexibility index (Phi) is 10.5. The van der Waals surface area contributed by atoms with E-state index in [0.29, 0.717) is 24.1 Å². The zero-order valence-electron chi connectivity index (χ0n) is 16.2. The number of benzene rings is 1. The van der Waals surface area contributed by atoms with E-state index in [-0.39, 0.29) is 30.1 Å². The van der Waals surface area contributed by atoms with Gasteiger partial charge in [0.15, 0.2) is 5.96 Å². The van der Waals surface area contributed by atoms with Gasteiger partial charge in [0.1, 0.15) is 17.6 Å². The summed E-state index contributed by atoms with van der Waals surface area (Å²) < 4.78 is 11.3. The fraction of sp³-hybridized carbons (Fsp3) is 0.474. The summed E-state index contributed by atoms with van der Waals surface area (Å²) in [6, 6.07) is 7.38. The molecule has 0 aliphatic carbocycles. The van der Waals surface area contributed by atoms with Crippen LogP contribution >= 0.6 is 35.6 Å². The van der Waals surface area contributed by atoms with Gasteiger partial charge in [-0.2, -0.15) is 0 Å². The largest absolute Gasteiger partial charge is 0.489 e. The molecule has 1 unspecified atom stereocenters. The van der Waals surface area contributed by atoms with Crippen molar-refractivity contribution >= 4 is 41.5 Å². The van der Waals surface area contributed by atoms with E-state index in [0.717, 1.165) is 35.6 Å². The lowest BCUT2D eigenvalue weighted by Gasteiger charge is -2.18. The highest BCUT2D eigenvalue weighted by Crippen LogP contribution is 2.18. The van der Waals surface area contributed by atoms with Crippen LogP contribution in [0.15, 0.2) is 33.8 Å². The van der Waals surface area contributed by atoms with Gasteiger partial charge in [-0.3, -0.25) is 4.99 Å². The molecular formula is C19H28ClIN4O2. The molecule has 1 aromatic heterocycles. The lowest BCUT2D eigenvalue weighted by Crippen LogP contribution is -2.41. The predicted octanol–water partition coefficient (Wildman–Crippen LogP) is 4.20. The first kappa shape index (κ1) is 23.6. The molecule has 0 saturated carbocycles. The van der Waals surface area contributed by atoms with Crippen LogP contribution in [0.3, 0.4) is 0 Å². The number of aryl methyl sites for hydroxylation is 2. The van der Waals surface area contributed by atoms with Gasteiger partial charge in [-0.25, -0.2) is 0 Å². The van der Waals surface area contributed by atoms with E-state index in [9.17, 15) is 0 Å². The minimum absolute atomic E-state index is 0. The number of hydrogen-bond acceptors (Lipinski definition) is 4. The number of aromatic nitrogens is 1. The summed E-state index contributed by atoms with van der Waals surface area (Å²) in [5.41, 5.74) is 2.10. The fourth-order valence-corrected chi connectivity index (χ4v) is 2.77. The number of aliphatic imine (C=N–C) groups is 1. The minimum Gasteiger partial charge on any atom is -0.489 e. The maximum Gasteiger partial charge on any atom is 0.191 e. The number of nitrogens with zero attached hydrogens (tertiary/aromatic N) is 2. The average molecular weight is 507 g/mol. The van der Waals surface area contributed by atoms with Gasteiger partial charge >= 0.3 is 0 Å². The molecule has 0 amide bonds. The van der Waals surface area contributed by atoms with Crippen molar-refractivity contribution in [1.29, 1.82) is 0 Å². The van der Waals surface area contributed by atoms with Crippen LogP contribution in [0.5, 0.6) is 5.75 Å². The van der Waals surface area contributed by atoms with Crippen LogP contribution in [0.4, 0.5) is 0 Å². The highest BCUT2D eigenvalue weighted by Gasteiger charge is 2.14. The lowest BCUT2D eigenvalue weighted by molar-refractivity contribution is 0.224. The van der Waals surface area contributed by atoms with Gasteiger partial charge in [-0.1, -0.05) is 36.7 Å². The number of hydrogen-bond donors (Lipinski definition) is 2. The van der Waals surface area contributed by atoms with Crippen molar-refractivity contribution in [3.05, 3.63) is 46.3 Å². The highest BCUT2D eigenvalue weighted by atomic mass is 127. The van der Waals surface area contributed by atoms with Crippen LogP contribution in [0.2, 0.25) is 5.02 Å². The Morgan fingerprint density at radius 2 is 2.07 bits per heavy atom. The molecule has 2 rings (SSSR count). The number of ether oxygens (including phenoxy) is 1. The van der Waals surface area contributed by atoms with E-state index in [2.05, 4.69) is 34.6 Å². The van der Waals surface area contributed by atoms with Crippen molar-refractivity contribution in [2.75, 3.05) is 13.6 Å². The van der Waals surface area contributed by atoms with Crippen LogP contribution in [-0.4, -0.2) is 30.8 Å². The molecule has 0 fully saturated rings. The van der Waals surface area contributed by atoms with Crippen molar-refractivity contribution in [3.8, 4) is 5.75 Å². The molecule has 0 aliphatic rings. The van der Waals surface area contributed by atoms with Crippen molar-refractivity contribution in [2.45, 2.75) is 46.3 Å². The number of halogens is 2. The Bertz CT molecular complexity index is 715. The van der Waals surface area contributed by atoms with E-state index in [4.69, 9.17) is 20.9 Å². The van der Waals surface area contributed by atoms with Gasteiger partial charge in [0.05, 0.1) is 12.2 Å². The molecule has 150 valence electrons. The molecule has 8 heteroatoms. The van der Waals surface area contributed by atoms with Crippen molar-refractivity contribution in [3.63, 3.8) is 0 Å². The zero-order valence-corrected chi connectivity index (χ0v) is 19.3. The molecule has 1 aromatic carbocycles. The third-order valence-electron chi connectivity index (χ3n) is 3.95. The highest BCUT2D eigenvalue weighted by molar-refractivity contribution is 14.0. The monoisotopic (exact) mass is 506 g/mol. The Hall–Kier alpha value is -1.48. The number of nitrogens with one attached hydrogen (secondary N) is 2. The third-order valence-corrected chi connectivity index (χ3v) is 4.19. The Morgan fingerprint density at radius 3 is 2.70 bits per heavy atom. The first-order chi connectivity index (χ1) is 12.6. The Balaban J connectivity index is 0.00000364. The maximum absolute atomic E-state index is 5.98. The standard InChI is InChI=1S/C19H27ClN4O2.HI/c1-5-17-16(18(6-2)26-24-17)12-23-19(21-4)22-11-13(3)25-15-9-7-8-14(20)10-15;/h7-10,13H,5-6,11-12H2,1-4H3,(H2,21,22,23);1H. The van der Waals surface area contributed by atoms with Crippen molar-refractivity contribution < 1.29 is 9.26 Å². The van der Waals surface area contributed by atoms with Crippen LogP contribution in [0, 0.1) is 0 Å².